The first-order chi connectivity index (χ1) is 13.1. The number of rotatable bonds is 8. The zero-order valence-corrected chi connectivity index (χ0v) is 17.2. The maximum Gasteiger partial charge on any atom is 0.269 e. The summed E-state index contributed by atoms with van der Waals surface area (Å²) in [5, 5.41) is 6.86. The Kier molecular flexibility index (Phi) is 6.68. The lowest BCUT2D eigenvalue weighted by molar-refractivity contribution is 0.0992. The minimum Gasteiger partial charge on any atom is -0.493 e. The zero-order valence-electron chi connectivity index (χ0n) is 15.7. The third kappa shape index (κ3) is 4.63. The van der Waals surface area contributed by atoms with Crippen LogP contribution in [0.4, 0.5) is 5.69 Å². The molecular formula is C17H21ClN4O5S. The van der Waals surface area contributed by atoms with Crippen molar-refractivity contribution >= 4 is 37.2 Å². The van der Waals surface area contributed by atoms with E-state index in [2.05, 4.69) is 10.4 Å². The van der Waals surface area contributed by atoms with Crippen LogP contribution in [-0.2, 0) is 22.5 Å². The number of carbonyl (C=O) groups excluding carboxylic acids is 2. The van der Waals surface area contributed by atoms with E-state index in [1.165, 1.54) is 16.8 Å². The summed E-state index contributed by atoms with van der Waals surface area (Å²) in [6.45, 7) is 3.90. The van der Waals surface area contributed by atoms with Crippen LogP contribution in [0.25, 0.3) is 0 Å². The number of nitrogens with zero attached hydrogens (tertiary/aromatic N) is 2. The number of nitrogens with two attached hydrogens (primary N) is 1. The lowest BCUT2D eigenvalue weighted by Crippen LogP contribution is -2.21. The van der Waals surface area contributed by atoms with Crippen LogP contribution in [0.2, 0.25) is 0 Å². The monoisotopic (exact) mass is 428 g/mol. The molecule has 1 aromatic carbocycles. The van der Waals surface area contributed by atoms with Gasteiger partial charge in [-0.2, -0.15) is 5.10 Å². The minimum atomic E-state index is -4.05. The van der Waals surface area contributed by atoms with Gasteiger partial charge in [0.25, 0.3) is 20.9 Å². The fourth-order valence-electron chi connectivity index (χ4n) is 2.71. The van der Waals surface area contributed by atoms with Crippen molar-refractivity contribution in [3.05, 3.63) is 35.2 Å². The summed E-state index contributed by atoms with van der Waals surface area (Å²) < 4.78 is 30.0. The number of ether oxygens (including phenoxy) is 1. The van der Waals surface area contributed by atoms with E-state index in [1.807, 2.05) is 6.92 Å². The molecule has 28 heavy (non-hydrogen) atoms. The molecule has 0 radical (unpaired) electrons. The number of nitrogens with one attached hydrogen (secondary N) is 1. The number of amides is 2. The highest BCUT2D eigenvalue weighted by atomic mass is 35.7. The highest BCUT2D eigenvalue weighted by molar-refractivity contribution is 8.13. The fraction of sp³-hybridized carbons (Fsp3) is 0.353. The maximum atomic E-state index is 12.9. The molecule has 0 saturated carbocycles. The molecule has 0 aliphatic carbocycles. The number of anilines is 1. The molecule has 2 amide bonds. The number of hydrogen-bond donors (Lipinski definition) is 2. The van der Waals surface area contributed by atoms with Crippen LogP contribution in [0.3, 0.4) is 0 Å². The van der Waals surface area contributed by atoms with Gasteiger partial charge < -0.3 is 15.8 Å². The normalized spacial score (nSPS) is 11.3. The van der Waals surface area contributed by atoms with Gasteiger partial charge in [0, 0.05) is 17.7 Å². The van der Waals surface area contributed by atoms with Crippen molar-refractivity contribution in [3.63, 3.8) is 0 Å². The van der Waals surface area contributed by atoms with Crippen LogP contribution >= 0.6 is 10.7 Å². The number of benzene rings is 1. The Morgan fingerprint density at radius 2 is 2.00 bits per heavy atom. The quantitative estimate of drug-likeness (QED) is 0.618. The molecule has 9 nitrogen and oxygen atoms in total. The fourth-order valence-corrected chi connectivity index (χ4v) is 3.48. The third-order valence-corrected chi connectivity index (χ3v) is 5.21. The molecule has 152 valence electrons. The van der Waals surface area contributed by atoms with Crippen LogP contribution in [0, 0.1) is 0 Å². The molecule has 0 aliphatic rings. The Morgan fingerprint density at radius 3 is 2.54 bits per heavy atom. The largest absolute Gasteiger partial charge is 0.493 e. The SMILES string of the molecule is CCCc1nn(C)c(C(N)=O)c1NC(=O)c1cc(S(=O)(=O)Cl)ccc1OCC. The van der Waals surface area contributed by atoms with Gasteiger partial charge in [-0.15, -0.1) is 0 Å². The summed E-state index contributed by atoms with van der Waals surface area (Å²) in [6, 6.07) is 3.70. The number of aromatic nitrogens is 2. The van der Waals surface area contributed by atoms with Crippen LogP contribution < -0.4 is 15.8 Å². The number of hydrogen-bond acceptors (Lipinski definition) is 6. The first kappa shape index (κ1) is 21.7. The van der Waals surface area contributed by atoms with Crippen molar-refractivity contribution in [2.45, 2.75) is 31.6 Å². The number of primary amides is 1. The average Bonchev–Trinajstić information content (AvgIpc) is 2.90. The predicted octanol–water partition coefficient (Wildman–Crippen LogP) is 2.05. The Hall–Kier alpha value is -2.59. The summed E-state index contributed by atoms with van der Waals surface area (Å²) in [5.74, 6) is -1.26. The van der Waals surface area contributed by atoms with Crippen molar-refractivity contribution in [3.8, 4) is 5.75 Å². The van der Waals surface area contributed by atoms with Crippen LogP contribution in [0.1, 0.15) is 46.8 Å². The molecule has 0 spiro atoms. The maximum absolute atomic E-state index is 12.9. The van der Waals surface area contributed by atoms with E-state index in [1.54, 1.807) is 14.0 Å². The van der Waals surface area contributed by atoms with Gasteiger partial charge in [0.2, 0.25) is 0 Å². The van der Waals surface area contributed by atoms with Gasteiger partial charge in [-0.1, -0.05) is 13.3 Å². The van der Waals surface area contributed by atoms with E-state index in [-0.39, 0.29) is 34.2 Å². The summed E-state index contributed by atoms with van der Waals surface area (Å²) >= 11 is 0. The smallest absolute Gasteiger partial charge is 0.269 e. The van der Waals surface area contributed by atoms with E-state index in [4.69, 9.17) is 21.2 Å². The molecule has 11 heteroatoms. The lowest BCUT2D eigenvalue weighted by Gasteiger charge is -2.12. The van der Waals surface area contributed by atoms with Crippen molar-refractivity contribution in [1.29, 1.82) is 0 Å². The molecule has 0 atom stereocenters. The number of aryl methyl sites for hydroxylation is 2. The van der Waals surface area contributed by atoms with Crippen LogP contribution in [0.15, 0.2) is 23.1 Å². The molecule has 1 aromatic heterocycles. The van der Waals surface area contributed by atoms with Crippen molar-refractivity contribution < 1.29 is 22.7 Å². The van der Waals surface area contributed by atoms with Gasteiger partial charge in [0.15, 0.2) is 0 Å². The number of carbonyl (C=O) groups is 2. The van der Waals surface area contributed by atoms with Crippen molar-refractivity contribution in [1.82, 2.24) is 9.78 Å². The summed E-state index contributed by atoms with van der Waals surface area (Å²) in [6.07, 6.45) is 1.23. The highest BCUT2D eigenvalue weighted by Crippen LogP contribution is 2.28. The third-order valence-electron chi connectivity index (χ3n) is 3.86. The van der Waals surface area contributed by atoms with Gasteiger partial charge in [0.1, 0.15) is 11.4 Å². The van der Waals surface area contributed by atoms with Crippen LogP contribution in [-0.4, -0.2) is 36.6 Å². The first-order valence-electron chi connectivity index (χ1n) is 8.48. The summed E-state index contributed by atoms with van der Waals surface area (Å²) in [5.41, 5.74) is 6.09. The van der Waals surface area contributed by atoms with Crippen molar-refractivity contribution in [2.24, 2.45) is 12.8 Å². The lowest BCUT2D eigenvalue weighted by atomic mass is 10.1. The van der Waals surface area contributed by atoms with Crippen molar-refractivity contribution in [2.75, 3.05) is 11.9 Å². The molecule has 1 heterocycles. The molecular weight excluding hydrogens is 408 g/mol. The van der Waals surface area contributed by atoms with Gasteiger partial charge >= 0.3 is 0 Å². The summed E-state index contributed by atoms with van der Waals surface area (Å²) in [4.78, 5) is 24.5. The second kappa shape index (κ2) is 8.61. The molecule has 0 fully saturated rings. The van der Waals surface area contributed by atoms with Gasteiger partial charge in [-0.05, 0) is 31.5 Å². The Bertz CT molecular complexity index is 1020. The van der Waals surface area contributed by atoms with Gasteiger partial charge in [-0.3, -0.25) is 14.3 Å². The summed E-state index contributed by atoms with van der Waals surface area (Å²) in [7, 11) is 2.88. The van der Waals surface area contributed by atoms with Gasteiger partial charge in [0.05, 0.1) is 28.4 Å². The standard InChI is InChI=1S/C17H21ClN4O5S/c1-4-6-12-14(15(16(19)23)22(3)21-12)20-17(24)11-9-10(28(18,25)26)7-8-13(11)27-5-2/h7-9H,4-6H2,1-3H3,(H2,19,23)(H,20,24). The molecule has 3 N–H and O–H groups in total. The molecule has 0 unspecified atom stereocenters. The second-order valence-electron chi connectivity index (χ2n) is 5.89. The van der Waals surface area contributed by atoms with E-state index in [0.29, 0.717) is 12.1 Å². The first-order valence-corrected chi connectivity index (χ1v) is 10.8. The predicted molar refractivity (Wildman–Crippen MR) is 104 cm³/mol. The Morgan fingerprint density at radius 1 is 1.32 bits per heavy atom. The Labute approximate surface area is 167 Å². The van der Waals surface area contributed by atoms with Gasteiger partial charge in [-0.25, -0.2) is 8.42 Å². The van der Waals surface area contributed by atoms with E-state index in [9.17, 15) is 18.0 Å². The van der Waals surface area contributed by atoms with E-state index >= 15 is 0 Å². The average molecular weight is 429 g/mol. The Balaban J connectivity index is 2.54. The van der Waals surface area contributed by atoms with E-state index in [0.717, 1.165) is 12.5 Å². The topological polar surface area (TPSA) is 133 Å². The van der Waals surface area contributed by atoms with Crippen LogP contribution in [0.5, 0.6) is 5.75 Å². The second-order valence-corrected chi connectivity index (χ2v) is 8.46. The highest BCUT2D eigenvalue weighted by Gasteiger charge is 2.24. The molecule has 0 saturated heterocycles. The van der Waals surface area contributed by atoms with E-state index < -0.39 is 20.9 Å². The molecule has 2 aromatic rings. The minimum absolute atomic E-state index is 0.0379. The molecule has 2 rings (SSSR count). The molecule has 0 aliphatic heterocycles. The zero-order chi connectivity index (χ0) is 21.1. The number of halogens is 1. The molecule has 0 bridgehead atoms.